The van der Waals surface area contributed by atoms with Crippen LogP contribution < -0.4 is 10.6 Å². The summed E-state index contributed by atoms with van der Waals surface area (Å²) in [6.45, 7) is 2.51. The van der Waals surface area contributed by atoms with Crippen LogP contribution in [0.4, 0.5) is 9.18 Å². The van der Waals surface area contributed by atoms with Crippen LogP contribution in [-0.2, 0) is 5.41 Å². The molecule has 0 radical (unpaired) electrons. The first-order chi connectivity index (χ1) is 10.5. The Balaban J connectivity index is 1.87. The fourth-order valence-electron chi connectivity index (χ4n) is 2.61. The van der Waals surface area contributed by atoms with Crippen LogP contribution in [0.25, 0.3) is 0 Å². The number of amides is 2. The quantitative estimate of drug-likeness (QED) is 0.720. The van der Waals surface area contributed by atoms with Gasteiger partial charge in [-0.1, -0.05) is 17.7 Å². The number of urea groups is 1. The van der Waals surface area contributed by atoms with E-state index in [0.717, 1.165) is 24.8 Å². The zero-order valence-corrected chi connectivity index (χ0v) is 13.4. The summed E-state index contributed by atoms with van der Waals surface area (Å²) in [5.74, 6) is -0.354. The average molecular weight is 329 g/mol. The number of hydrogen-bond donors (Lipinski definition) is 3. The van der Waals surface area contributed by atoms with E-state index in [4.69, 9.17) is 16.7 Å². The summed E-state index contributed by atoms with van der Waals surface area (Å²) in [6.07, 6.45) is 3.26. The van der Waals surface area contributed by atoms with Gasteiger partial charge in [-0.2, -0.15) is 0 Å². The molecule has 1 aliphatic carbocycles. The lowest BCUT2D eigenvalue weighted by molar-refractivity contribution is 0.233. The van der Waals surface area contributed by atoms with Gasteiger partial charge >= 0.3 is 6.03 Å². The molecule has 0 aliphatic heterocycles. The van der Waals surface area contributed by atoms with Gasteiger partial charge in [0.15, 0.2) is 0 Å². The smallest absolute Gasteiger partial charge is 0.315 e. The van der Waals surface area contributed by atoms with E-state index in [1.807, 2.05) is 6.92 Å². The van der Waals surface area contributed by atoms with E-state index in [0.29, 0.717) is 18.0 Å². The number of aliphatic hydroxyl groups excluding tert-OH is 1. The normalized spacial score (nSPS) is 16.9. The minimum atomic E-state index is -0.354. The van der Waals surface area contributed by atoms with Gasteiger partial charge in [0.2, 0.25) is 0 Å². The minimum Gasteiger partial charge on any atom is -0.396 e. The van der Waals surface area contributed by atoms with Gasteiger partial charge in [0, 0.05) is 29.6 Å². The van der Waals surface area contributed by atoms with Crippen molar-refractivity contribution in [3.63, 3.8) is 0 Å². The predicted octanol–water partition coefficient (Wildman–Crippen LogP) is 2.97. The SMILES string of the molecule is CC(CCCO)NC(=O)NCC1(c2ccc(F)cc2Cl)CC1. The molecule has 1 aromatic rings. The summed E-state index contributed by atoms with van der Waals surface area (Å²) < 4.78 is 13.1. The summed E-state index contributed by atoms with van der Waals surface area (Å²) >= 11 is 6.12. The molecule has 1 fully saturated rings. The first-order valence-corrected chi connectivity index (χ1v) is 7.95. The van der Waals surface area contributed by atoms with E-state index < -0.39 is 0 Å². The molecule has 2 rings (SSSR count). The van der Waals surface area contributed by atoms with Gasteiger partial charge in [-0.3, -0.25) is 0 Å². The van der Waals surface area contributed by atoms with Crippen molar-refractivity contribution in [3.8, 4) is 0 Å². The van der Waals surface area contributed by atoms with Crippen molar-refractivity contribution in [2.75, 3.05) is 13.2 Å². The molecule has 1 saturated carbocycles. The molecule has 1 atom stereocenters. The Morgan fingerprint density at radius 1 is 1.50 bits per heavy atom. The van der Waals surface area contributed by atoms with Crippen molar-refractivity contribution in [3.05, 3.63) is 34.6 Å². The summed E-state index contributed by atoms with van der Waals surface area (Å²) in [6, 6.07) is 4.20. The fraction of sp³-hybridized carbons (Fsp3) is 0.562. The van der Waals surface area contributed by atoms with Crippen LogP contribution in [0.1, 0.15) is 38.2 Å². The maximum atomic E-state index is 13.1. The van der Waals surface area contributed by atoms with Crippen molar-refractivity contribution in [2.45, 2.75) is 44.1 Å². The van der Waals surface area contributed by atoms with Crippen LogP contribution in [0, 0.1) is 5.82 Å². The van der Waals surface area contributed by atoms with Gasteiger partial charge in [0.05, 0.1) is 0 Å². The first-order valence-electron chi connectivity index (χ1n) is 7.57. The molecule has 0 saturated heterocycles. The lowest BCUT2D eigenvalue weighted by Gasteiger charge is -2.20. The van der Waals surface area contributed by atoms with Gasteiger partial charge in [-0.25, -0.2) is 9.18 Å². The summed E-state index contributed by atoms with van der Waals surface area (Å²) in [5, 5.41) is 14.9. The van der Waals surface area contributed by atoms with E-state index in [1.54, 1.807) is 6.07 Å². The van der Waals surface area contributed by atoms with Crippen LogP contribution in [0.2, 0.25) is 5.02 Å². The van der Waals surface area contributed by atoms with Crippen molar-refractivity contribution in [1.29, 1.82) is 0 Å². The molecule has 0 aromatic heterocycles. The molecule has 6 heteroatoms. The summed E-state index contributed by atoms with van der Waals surface area (Å²) in [7, 11) is 0. The van der Waals surface area contributed by atoms with Crippen LogP contribution in [0.5, 0.6) is 0 Å². The Labute approximate surface area is 135 Å². The third-order valence-corrected chi connectivity index (χ3v) is 4.43. The van der Waals surface area contributed by atoms with Crippen molar-refractivity contribution in [2.24, 2.45) is 0 Å². The molecular formula is C16H22ClFN2O2. The second kappa shape index (κ2) is 7.29. The Bertz CT molecular complexity index is 535. The second-order valence-corrected chi connectivity index (χ2v) is 6.41. The van der Waals surface area contributed by atoms with E-state index in [-0.39, 0.29) is 29.9 Å². The second-order valence-electron chi connectivity index (χ2n) is 6.00. The van der Waals surface area contributed by atoms with Crippen LogP contribution in [0.15, 0.2) is 18.2 Å². The highest BCUT2D eigenvalue weighted by atomic mass is 35.5. The topological polar surface area (TPSA) is 61.4 Å². The molecule has 2 amide bonds. The molecule has 22 heavy (non-hydrogen) atoms. The maximum absolute atomic E-state index is 13.1. The molecule has 1 aliphatic rings. The molecule has 122 valence electrons. The first kappa shape index (κ1) is 17.0. The average Bonchev–Trinajstić information content (AvgIpc) is 3.24. The maximum Gasteiger partial charge on any atom is 0.315 e. The Hall–Kier alpha value is -1.33. The van der Waals surface area contributed by atoms with E-state index in [2.05, 4.69) is 10.6 Å². The highest BCUT2D eigenvalue weighted by molar-refractivity contribution is 6.31. The van der Waals surface area contributed by atoms with Crippen LogP contribution in [0.3, 0.4) is 0 Å². The number of carbonyl (C=O) groups excluding carboxylic acids is 1. The number of halogens is 2. The van der Waals surface area contributed by atoms with Crippen molar-refractivity contribution < 1.29 is 14.3 Å². The summed E-state index contributed by atoms with van der Waals surface area (Å²) in [5.41, 5.74) is 0.723. The fourth-order valence-corrected chi connectivity index (χ4v) is 2.97. The predicted molar refractivity (Wildman–Crippen MR) is 84.6 cm³/mol. The number of carbonyl (C=O) groups is 1. The highest BCUT2D eigenvalue weighted by Gasteiger charge is 2.45. The molecule has 0 heterocycles. The third-order valence-electron chi connectivity index (χ3n) is 4.12. The molecule has 3 N–H and O–H groups in total. The third kappa shape index (κ3) is 4.34. The van der Waals surface area contributed by atoms with Crippen molar-refractivity contribution in [1.82, 2.24) is 10.6 Å². The molecule has 1 aromatic carbocycles. The number of hydrogen-bond acceptors (Lipinski definition) is 2. The largest absolute Gasteiger partial charge is 0.396 e. The molecule has 0 bridgehead atoms. The number of aliphatic hydroxyl groups is 1. The lowest BCUT2D eigenvalue weighted by atomic mass is 9.96. The van der Waals surface area contributed by atoms with Gasteiger partial charge in [0.1, 0.15) is 5.82 Å². The van der Waals surface area contributed by atoms with Gasteiger partial charge < -0.3 is 15.7 Å². The zero-order valence-electron chi connectivity index (χ0n) is 12.7. The zero-order chi connectivity index (χ0) is 16.2. The lowest BCUT2D eigenvalue weighted by Crippen LogP contribution is -2.43. The van der Waals surface area contributed by atoms with Crippen LogP contribution in [-0.4, -0.2) is 30.3 Å². The number of rotatable bonds is 7. The van der Waals surface area contributed by atoms with E-state index in [9.17, 15) is 9.18 Å². The molecule has 4 nitrogen and oxygen atoms in total. The standard InChI is InChI=1S/C16H22ClFN2O2/c1-11(3-2-8-21)20-15(22)19-10-16(6-7-16)13-5-4-12(18)9-14(13)17/h4-5,9,11,21H,2-3,6-8,10H2,1H3,(H2,19,20,22). The van der Waals surface area contributed by atoms with E-state index in [1.165, 1.54) is 12.1 Å². The minimum absolute atomic E-state index is 0.0108. The highest BCUT2D eigenvalue weighted by Crippen LogP contribution is 2.50. The number of nitrogens with one attached hydrogen (secondary N) is 2. The van der Waals surface area contributed by atoms with Crippen LogP contribution >= 0.6 is 11.6 Å². The summed E-state index contributed by atoms with van der Waals surface area (Å²) in [4.78, 5) is 11.9. The Kier molecular flexibility index (Phi) is 5.64. The Morgan fingerprint density at radius 3 is 2.82 bits per heavy atom. The monoisotopic (exact) mass is 328 g/mol. The van der Waals surface area contributed by atoms with Gasteiger partial charge in [-0.15, -0.1) is 0 Å². The van der Waals surface area contributed by atoms with Gasteiger partial charge in [-0.05, 0) is 50.3 Å². The van der Waals surface area contributed by atoms with Gasteiger partial charge in [0.25, 0.3) is 0 Å². The molecule has 1 unspecified atom stereocenters. The van der Waals surface area contributed by atoms with E-state index >= 15 is 0 Å². The number of benzene rings is 1. The molecule has 0 spiro atoms. The van der Waals surface area contributed by atoms with Crippen molar-refractivity contribution >= 4 is 17.6 Å². The molecular weight excluding hydrogens is 307 g/mol. The Morgan fingerprint density at radius 2 is 2.23 bits per heavy atom.